The van der Waals surface area contributed by atoms with Gasteiger partial charge in [0.25, 0.3) is 11.8 Å². The van der Waals surface area contributed by atoms with Crippen LogP contribution in [0.1, 0.15) is 5.56 Å². The number of anilines is 1. The summed E-state index contributed by atoms with van der Waals surface area (Å²) >= 11 is 5.92. The molecule has 1 aliphatic heterocycles. The molecule has 0 saturated heterocycles. The highest BCUT2D eigenvalue weighted by Crippen LogP contribution is 2.32. The van der Waals surface area contributed by atoms with E-state index in [0.717, 1.165) is 10.6 Å². The molecule has 0 spiro atoms. The van der Waals surface area contributed by atoms with E-state index < -0.39 is 0 Å². The second-order valence-corrected chi connectivity index (χ2v) is 5.73. The van der Waals surface area contributed by atoms with Gasteiger partial charge in [-0.25, -0.2) is 0 Å². The molecular formula is C18H15ClN2O2. The first-order chi connectivity index (χ1) is 11.0. The molecule has 116 valence electrons. The average Bonchev–Trinajstić information content (AvgIpc) is 2.80. The number of likely N-dealkylation sites (N-methyl/N-ethyl adjacent to an activating group) is 2. The monoisotopic (exact) mass is 326 g/mol. The van der Waals surface area contributed by atoms with E-state index in [0.29, 0.717) is 21.9 Å². The van der Waals surface area contributed by atoms with Crippen LogP contribution in [0.4, 0.5) is 5.69 Å². The van der Waals surface area contributed by atoms with Crippen molar-refractivity contribution in [3.8, 4) is 0 Å². The zero-order chi connectivity index (χ0) is 16.6. The van der Waals surface area contributed by atoms with Gasteiger partial charge >= 0.3 is 0 Å². The molecule has 0 radical (unpaired) electrons. The van der Waals surface area contributed by atoms with Gasteiger partial charge in [0.1, 0.15) is 5.70 Å². The Balaban J connectivity index is 2.16. The number of carbonyl (C=O) groups excluding carboxylic acids is 2. The SMILES string of the molecule is CN1C(=O)C(c2ccc(Cl)cc2)=C(N(C)c2ccccc2)C1=O. The number of hydrogen-bond acceptors (Lipinski definition) is 3. The van der Waals surface area contributed by atoms with E-state index in [1.54, 1.807) is 36.2 Å². The lowest BCUT2D eigenvalue weighted by atomic mass is 10.0. The molecule has 0 aliphatic carbocycles. The highest BCUT2D eigenvalue weighted by molar-refractivity contribution is 6.36. The van der Waals surface area contributed by atoms with Crippen molar-refractivity contribution < 1.29 is 9.59 Å². The third-order valence-corrected chi connectivity index (χ3v) is 4.13. The first-order valence-electron chi connectivity index (χ1n) is 7.12. The highest BCUT2D eigenvalue weighted by atomic mass is 35.5. The quantitative estimate of drug-likeness (QED) is 0.813. The molecule has 0 saturated carbocycles. The summed E-state index contributed by atoms with van der Waals surface area (Å²) in [5, 5.41) is 0.581. The number of nitrogens with zero attached hydrogens (tertiary/aromatic N) is 2. The Morgan fingerprint density at radius 2 is 1.52 bits per heavy atom. The van der Waals surface area contributed by atoms with E-state index in [9.17, 15) is 9.59 Å². The van der Waals surface area contributed by atoms with Crippen LogP contribution in [-0.2, 0) is 9.59 Å². The van der Waals surface area contributed by atoms with E-state index >= 15 is 0 Å². The molecule has 4 nitrogen and oxygen atoms in total. The van der Waals surface area contributed by atoms with Crippen LogP contribution in [0.15, 0.2) is 60.3 Å². The predicted molar refractivity (Wildman–Crippen MR) is 91.0 cm³/mol. The summed E-state index contributed by atoms with van der Waals surface area (Å²) in [7, 11) is 3.28. The summed E-state index contributed by atoms with van der Waals surface area (Å²) in [6, 6.07) is 16.4. The Morgan fingerprint density at radius 3 is 2.13 bits per heavy atom. The molecule has 3 rings (SSSR count). The Morgan fingerprint density at radius 1 is 0.913 bits per heavy atom. The van der Waals surface area contributed by atoms with Crippen LogP contribution < -0.4 is 4.90 Å². The van der Waals surface area contributed by atoms with Gasteiger partial charge in [-0.15, -0.1) is 0 Å². The molecule has 2 aromatic rings. The number of para-hydroxylation sites is 1. The number of rotatable bonds is 3. The summed E-state index contributed by atoms with van der Waals surface area (Å²) in [4.78, 5) is 28.0. The van der Waals surface area contributed by atoms with Crippen LogP contribution in [-0.4, -0.2) is 30.8 Å². The van der Waals surface area contributed by atoms with Gasteiger partial charge in [-0.3, -0.25) is 14.5 Å². The largest absolute Gasteiger partial charge is 0.339 e. The Bertz CT molecular complexity index is 798. The normalized spacial score (nSPS) is 14.7. The smallest absolute Gasteiger partial charge is 0.277 e. The molecule has 1 aliphatic rings. The van der Waals surface area contributed by atoms with Crippen LogP contribution in [0, 0.1) is 0 Å². The van der Waals surface area contributed by atoms with Gasteiger partial charge in [0.2, 0.25) is 0 Å². The summed E-state index contributed by atoms with van der Waals surface area (Å²) in [5.41, 5.74) is 2.27. The van der Waals surface area contributed by atoms with Gasteiger partial charge in [0, 0.05) is 24.8 Å². The molecule has 0 aromatic heterocycles. The fraction of sp³-hybridized carbons (Fsp3) is 0.111. The number of imide groups is 1. The van der Waals surface area contributed by atoms with Crippen molar-refractivity contribution >= 4 is 34.7 Å². The maximum Gasteiger partial charge on any atom is 0.277 e. The standard InChI is InChI=1S/C18H15ClN2O2/c1-20(14-6-4-3-5-7-14)16-15(17(22)21(2)18(16)23)12-8-10-13(19)11-9-12/h3-11H,1-2H3. The number of benzene rings is 2. The lowest BCUT2D eigenvalue weighted by Crippen LogP contribution is -2.30. The second kappa shape index (κ2) is 5.89. The maximum atomic E-state index is 12.6. The highest BCUT2D eigenvalue weighted by Gasteiger charge is 2.38. The molecule has 2 aromatic carbocycles. The van der Waals surface area contributed by atoms with Crippen molar-refractivity contribution in [3.05, 3.63) is 70.9 Å². The summed E-state index contributed by atoms with van der Waals surface area (Å²) in [5.74, 6) is -0.624. The minimum absolute atomic E-state index is 0.310. The van der Waals surface area contributed by atoms with Gasteiger partial charge in [0.15, 0.2) is 0 Å². The van der Waals surface area contributed by atoms with E-state index in [1.807, 2.05) is 30.3 Å². The fourth-order valence-electron chi connectivity index (χ4n) is 2.60. The summed E-state index contributed by atoms with van der Waals surface area (Å²) in [6.07, 6.45) is 0. The third kappa shape index (κ3) is 2.62. The second-order valence-electron chi connectivity index (χ2n) is 5.29. The number of halogens is 1. The molecule has 0 bridgehead atoms. The molecule has 0 atom stereocenters. The van der Waals surface area contributed by atoms with Crippen LogP contribution in [0.2, 0.25) is 5.02 Å². The lowest BCUT2D eigenvalue weighted by molar-refractivity contribution is -0.135. The van der Waals surface area contributed by atoms with Crippen molar-refractivity contribution in [3.63, 3.8) is 0 Å². The zero-order valence-corrected chi connectivity index (χ0v) is 13.5. The third-order valence-electron chi connectivity index (χ3n) is 3.87. The van der Waals surface area contributed by atoms with Gasteiger partial charge in [0.05, 0.1) is 5.57 Å². The van der Waals surface area contributed by atoms with Gasteiger partial charge in [-0.2, -0.15) is 0 Å². The number of amides is 2. The van der Waals surface area contributed by atoms with Crippen LogP contribution in [0.5, 0.6) is 0 Å². The minimum atomic E-state index is -0.314. The predicted octanol–water partition coefficient (Wildman–Crippen LogP) is 3.19. The number of carbonyl (C=O) groups is 2. The molecule has 1 heterocycles. The van der Waals surface area contributed by atoms with Crippen LogP contribution in [0.25, 0.3) is 5.57 Å². The van der Waals surface area contributed by atoms with E-state index in [2.05, 4.69) is 0 Å². The average molecular weight is 327 g/mol. The van der Waals surface area contributed by atoms with Crippen LogP contribution >= 0.6 is 11.6 Å². The van der Waals surface area contributed by atoms with Crippen molar-refractivity contribution in [2.45, 2.75) is 0 Å². The first-order valence-corrected chi connectivity index (χ1v) is 7.50. The molecule has 5 heteroatoms. The van der Waals surface area contributed by atoms with Crippen molar-refractivity contribution in [2.24, 2.45) is 0 Å². The summed E-state index contributed by atoms with van der Waals surface area (Å²) in [6.45, 7) is 0. The van der Waals surface area contributed by atoms with Gasteiger partial charge in [-0.05, 0) is 29.8 Å². The molecule has 0 fully saturated rings. The van der Waals surface area contributed by atoms with E-state index in [1.165, 1.54) is 7.05 Å². The number of hydrogen-bond donors (Lipinski definition) is 0. The summed E-state index contributed by atoms with van der Waals surface area (Å²) < 4.78 is 0. The Hall–Kier alpha value is -2.59. The lowest BCUT2D eigenvalue weighted by Gasteiger charge is -2.20. The fourth-order valence-corrected chi connectivity index (χ4v) is 2.72. The van der Waals surface area contributed by atoms with Crippen molar-refractivity contribution in [1.82, 2.24) is 4.90 Å². The molecular weight excluding hydrogens is 312 g/mol. The molecule has 0 N–H and O–H groups in total. The van der Waals surface area contributed by atoms with E-state index in [-0.39, 0.29) is 11.8 Å². The topological polar surface area (TPSA) is 40.6 Å². The molecule has 2 amide bonds. The minimum Gasteiger partial charge on any atom is -0.339 e. The molecule has 23 heavy (non-hydrogen) atoms. The van der Waals surface area contributed by atoms with E-state index in [4.69, 9.17) is 11.6 Å². The van der Waals surface area contributed by atoms with Crippen molar-refractivity contribution in [1.29, 1.82) is 0 Å². The van der Waals surface area contributed by atoms with Crippen molar-refractivity contribution in [2.75, 3.05) is 19.0 Å². The Kier molecular flexibility index (Phi) is 3.92. The zero-order valence-electron chi connectivity index (χ0n) is 12.8. The maximum absolute atomic E-state index is 12.6. The van der Waals surface area contributed by atoms with Gasteiger partial charge in [-0.1, -0.05) is 41.9 Å². The first kappa shape index (κ1) is 15.3. The Labute approximate surface area is 139 Å². The van der Waals surface area contributed by atoms with Crippen LogP contribution in [0.3, 0.4) is 0 Å². The van der Waals surface area contributed by atoms with Gasteiger partial charge < -0.3 is 4.90 Å². The molecule has 0 unspecified atom stereocenters.